The molecule has 11 heteroatoms. The zero-order valence-electron chi connectivity index (χ0n) is 17.9. The van der Waals surface area contributed by atoms with Crippen molar-refractivity contribution in [2.75, 3.05) is 18.5 Å². The van der Waals surface area contributed by atoms with Crippen LogP contribution in [0.1, 0.15) is 46.5 Å². The fourth-order valence-electron chi connectivity index (χ4n) is 3.78. The van der Waals surface area contributed by atoms with Crippen molar-refractivity contribution in [2.45, 2.75) is 58.1 Å². The lowest BCUT2D eigenvalue weighted by Crippen LogP contribution is -2.53. The van der Waals surface area contributed by atoms with Gasteiger partial charge in [-0.25, -0.2) is 5.06 Å². The first-order valence-electron chi connectivity index (χ1n) is 10.3. The number of carbonyl (C=O) groups excluding carboxylic acids is 1. The Labute approximate surface area is 185 Å². The number of rotatable bonds is 6. The Kier molecular flexibility index (Phi) is 6.42. The van der Waals surface area contributed by atoms with Gasteiger partial charge in [-0.1, -0.05) is 11.6 Å². The molecule has 0 spiro atoms. The first-order chi connectivity index (χ1) is 14.8. The molecule has 2 unspecified atom stereocenters. The van der Waals surface area contributed by atoms with E-state index in [1.165, 1.54) is 6.33 Å². The van der Waals surface area contributed by atoms with E-state index in [9.17, 15) is 4.79 Å². The molecule has 4 rings (SSSR count). The van der Waals surface area contributed by atoms with Crippen LogP contribution >= 0.6 is 11.6 Å². The Morgan fingerprint density at radius 1 is 1.23 bits per heavy atom. The monoisotopic (exact) mass is 450 g/mol. The van der Waals surface area contributed by atoms with Gasteiger partial charge in [0.1, 0.15) is 11.9 Å². The van der Waals surface area contributed by atoms with E-state index in [0.717, 1.165) is 24.9 Å². The molecule has 0 radical (unpaired) electrons. The number of aromatic nitrogens is 4. The third kappa shape index (κ3) is 5.32. The number of hydroxylamine groups is 3. The standard InChI is InChI=1S/C20H27ClN6O4/c1-20(2,3)31-19(28)9-5-14-4-7-16(14)26-12-30-27(13-29-26)18-10-15(21)6-8-17(18)25-11-22-23-24-25/h6,8,10-11,14,16H,4-5,7,9,12-13H2,1-3H3. The average molecular weight is 451 g/mol. The number of hydrogen-bond acceptors (Lipinski definition) is 9. The van der Waals surface area contributed by atoms with Crippen LogP contribution in [-0.2, 0) is 19.2 Å². The molecule has 1 aliphatic heterocycles. The number of benzene rings is 1. The molecule has 1 saturated heterocycles. The Morgan fingerprint density at radius 3 is 2.68 bits per heavy atom. The van der Waals surface area contributed by atoms with Gasteiger partial charge in [0.15, 0.2) is 13.5 Å². The predicted octanol–water partition coefficient (Wildman–Crippen LogP) is 3.12. The van der Waals surface area contributed by atoms with E-state index in [2.05, 4.69) is 15.5 Å². The summed E-state index contributed by atoms with van der Waals surface area (Å²) >= 11 is 6.20. The van der Waals surface area contributed by atoms with Gasteiger partial charge in [0.05, 0.1) is 11.4 Å². The van der Waals surface area contributed by atoms with Crippen LogP contribution in [0.15, 0.2) is 24.5 Å². The van der Waals surface area contributed by atoms with Crippen LogP contribution in [0.4, 0.5) is 5.69 Å². The van der Waals surface area contributed by atoms with Gasteiger partial charge in [0.25, 0.3) is 0 Å². The van der Waals surface area contributed by atoms with E-state index in [1.54, 1.807) is 21.9 Å². The molecule has 2 aliphatic rings. The molecule has 1 aromatic carbocycles. The van der Waals surface area contributed by atoms with Crippen molar-refractivity contribution < 1.29 is 19.2 Å². The van der Waals surface area contributed by atoms with Crippen molar-refractivity contribution in [3.8, 4) is 5.69 Å². The van der Waals surface area contributed by atoms with Crippen molar-refractivity contribution in [1.29, 1.82) is 0 Å². The summed E-state index contributed by atoms with van der Waals surface area (Å²) in [6.07, 6.45) is 4.77. The lowest BCUT2D eigenvalue weighted by Gasteiger charge is -2.46. The molecule has 1 aliphatic carbocycles. The predicted molar refractivity (Wildman–Crippen MR) is 112 cm³/mol. The molecule has 1 aromatic heterocycles. The highest BCUT2D eigenvalue weighted by atomic mass is 35.5. The van der Waals surface area contributed by atoms with Gasteiger partial charge in [-0.3, -0.25) is 14.5 Å². The molecular weight excluding hydrogens is 424 g/mol. The summed E-state index contributed by atoms with van der Waals surface area (Å²) in [5.41, 5.74) is 0.977. The molecule has 168 valence electrons. The second-order valence-electron chi connectivity index (χ2n) is 8.73. The number of nitrogens with zero attached hydrogens (tertiary/aromatic N) is 6. The van der Waals surface area contributed by atoms with E-state index in [1.807, 2.05) is 31.9 Å². The van der Waals surface area contributed by atoms with Crippen LogP contribution < -0.4 is 5.06 Å². The summed E-state index contributed by atoms with van der Waals surface area (Å²) in [6, 6.07) is 5.60. The lowest BCUT2D eigenvalue weighted by atomic mass is 9.76. The second kappa shape index (κ2) is 9.07. The van der Waals surface area contributed by atoms with Crippen molar-refractivity contribution in [1.82, 2.24) is 25.3 Å². The number of hydrogen-bond donors (Lipinski definition) is 0. The average Bonchev–Trinajstić information content (AvgIpc) is 3.21. The Hall–Kier alpha value is -2.27. The minimum Gasteiger partial charge on any atom is -0.460 e. The highest BCUT2D eigenvalue weighted by Crippen LogP contribution is 2.37. The summed E-state index contributed by atoms with van der Waals surface area (Å²) in [6.45, 7) is 6.12. The largest absolute Gasteiger partial charge is 0.460 e. The number of carbonyl (C=O) groups is 1. The fraction of sp³-hybridized carbons (Fsp3) is 0.600. The van der Waals surface area contributed by atoms with Gasteiger partial charge in [0, 0.05) is 17.5 Å². The quantitative estimate of drug-likeness (QED) is 0.615. The number of halogens is 1. The van der Waals surface area contributed by atoms with Crippen molar-refractivity contribution >= 4 is 23.3 Å². The summed E-state index contributed by atoms with van der Waals surface area (Å²) < 4.78 is 6.95. The van der Waals surface area contributed by atoms with Gasteiger partial charge < -0.3 is 4.74 Å². The number of esters is 1. The van der Waals surface area contributed by atoms with Gasteiger partial charge in [0.2, 0.25) is 0 Å². The Bertz CT molecular complexity index is 896. The van der Waals surface area contributed by atoms with Crippen LogP contribution in [0.2, 0.25) is 5.02 Å². The van der Waals surface area contributed by atoms with E-state index < -0.39 is 5.60 Å². The molecule has 0 N–H and O–H groups in total. The third-order valence-corrected chi connectivity index (χ3v) is 5.61. The van der Waals surface area contributed by atoms with Crippen LogP contribution in [0.25, 0.3) is 5.69 Å². The van der Waals surface area contributed by atoms with E-state index >= 15 is 0 Å². The van der Waals surface area contributed by atoms with Crippen LogP contribution in [0, 0.1) is 5.92 Å². The molecule has 2 fully saturated rings. The molecule has 0 bridgehead atoms. The smallest absolute Gasteiger partial charge is 0.306 e. The maximum Gasteiger partial charge on any atom is 0.306 e. The molecule has 2 heterocycles. The second-order valence-corrected chi connectivity index (χ2v) is 9.17. The molecule has 1 saturated carbocycles. The Morgan fingerprint density at radius 2 is 2.06 bits per heavy atom. The normalized spacial score (nSPS) is 22.3. The van der Waals surface area contributed by atoms with Crippen LogP contribution in [0.5, 0.6) is 0 Å². The first-order valence-corrected chi connectivity index (χ1v) is 10.7. The van der Waals surface area contributed by atoms with E-state index in [4.69, 9.17) is 26.0 Å². The summed E-state index contributed by atoms with van der Waals surface area (Å²) in [7, 11) is 0. The number of ether oxygens (including phenoxy) is 1. The van der Waals surface area contributed by atoms with Crippen LogP contribution in [0.3, 0.4) is 0 Å². The van der Waals surface area contributed by atoms with Crippen LogP contribution in [-0.4, -0.2) is 56.3 Å². The van der Waals surface area contributed by atoms with Gasteiger partial charge in [-0.15, -0.1) is 5.10 Å². The summed E-state index contributed by atoms with van der Waals surface area (Å²) in [5, 5.41) is 15.4. The zero-order chi connectivity index (χ0) is 22.0. The molecular formula is C20H27ClN6O4. The van der Waals surface area contributed by atoms with Gasteiger partial charge in [-0.05, 0) is 74.6 Å². The van der Waals surface area contributed by atoms with Gasteiger partial charge in [-0.2, -0.15) is 9.75 Å². The molecule has 2 atom stereocenters. The van der Waals surface area contributed by atoms with Crippen molar-refractivity contribution in [2.24, 2.45) is 5.92 Å². The topological polar surface area (TPSA) is 94.8 Å². The SMILES string of the molecule is CC(C)(C)OC(=O)CCC1CCC1N1CON(c2cc(Cl)ccc2-n2cnnn2)CO1. The first kappa shape index (κ1) is 21.9. The summed E-state index contributed by atoms with van der Waals surface area (Å²) in [4.78, 5) is 24.0. The highest BCUT2D eigenvalue weighted by Gasteiger charge is 2.39. The minimum atomic E-state index is -0.454. The lowest BCUT2D eigenvalue weighted by molar-refractivity contribution is -0.301. The van der Waals surface area contributed by atoms with Gasteiger partial charge >= 0.3 is 5.97 Å². The van der Waals surface area contributed by atoms with Crippen molar-refractivity contribution in [3.63, 3.8) is 0 Å². The maximum absolute atomic E-state index is 12.0. The molecule has 31 heavy (non-hydrogen) atoms. The molecule has 0 amide bonds. The van der Waals surface area contributed by atoms with E-state index in [0.29, 0.717) is 23.0 Å². The molecule has 2 aromatic rings. The molecule has 10 nitrogen and oxygen atoms in total. The third-order valence-electron chi connectivity index (χ3n) is 5.37. The maximum atomic E-state index is 12.0. The fourth-order valence-corrected chi connectivity index (χ4v) is 3.95. The highest BCUT2D eigenvalue weighted by molar-refractivity contribution is 6.31. The summed E-state index contributed by atoms with van der Waals surface area (Å²) in [5.74, 6) is 0.224. The van der Waals surface area contributed by atoms with E-state index in [-0.39, 0.29) is 25.5 Å². The number of anilines is 1. The minimum absolute atomic E-state index is 0.156. The number of tetrazole rings is 1. The zero-order valence-corrected chi connectivity index (χ0v) is 18.7. The Balaban J connectivity index is 1.33. The van der Waals surface area contributed by atoms with Crippen molar-refractivity contribution in [3.05, 3.63) is 29.5 Å².